The summed E-state index contributed by atoms with van der Waals surface area (Å²) >= 11 is 0. The number of rotatable bonds is 3. The number of benzene rings is 1. The first-order valence-corrected chi connectivity index (χ1v) is 6.54. The Morgan fingerprint density at radius 3 is 2.50 bits per heavy atom. The van der Waals surface area contributed by atoms with Crippen LogP contribution in [0.3, 0.4) is 0 Å². The topological polar surface area (TPSA) is 35.5 Å². The van der Waals surface area contributed by atoms with Gasteiger partial charge in [-0.15, -0.1) is 0 Å². The van der Waals surface area contributed by atoms with Gasteiger partial charge in [-0.3, -0.25) is 0 Å². The summed E-state index contributed by atoms with van der Waals surface area (Å²) in [4.78, 5) is 11.6. The average molecular weight is 248 g/mol. The molecule has 0 spiro atoms. The van der Waals surface area contributed by atoms with Crippen LogP contribution in [0.5, 0.6) is 5.75 Å². The van der Waals surface area contributed by atoms with Gasteiger partial charge in [-0.05, 0) is 43.7 Å². The zero-order chi connectivity index (χ0) is 13.0. The zero-order valence-electron chi connectivity index (χ0n) is 11.0. The van der Waals surface area contributed by atoms with E-state index in [4.69, 9.17) is 9.47 Å². The van der Waals surface area contributed by atoms with Gasteiger partial charge in [0.25, 0.3) is 0 Å². The van der Waals surface area contributed by atoms with Crippen LogP contribution in [0.15, 0.2) is 24.3 Å². The summed E-state index contributed by atoms with van der Waals surface area (Å²) < 4.78 is 10.7. The molecule has 1 aromatic rings. The second kappa shape index (κ2) is 5.89. The third kappa shape index (κ3) is 3.03. The van der Waals surface area contributed by atoms with Gasteiger partial charge in [0, 0.05) is 0 Å². The van der Waals surface area contributed by atoms with Crippen LogP contribution in [0, 0.1) is 5.92 Å². The van der Waals surface area contributed by atoms with Gasteiger partial charge in [0.1, 0.15) is 11.3 Å². The summed E-state index contributed by atoms with van der Waals surface area (Å²) in [6.07, 6.45) is 4.76. The van der Waals surface area contributed by atoms with Crippen LogP contribution >= 0.6 is 0 Å². The van der Waals surface area contributed by atoms with Crippen molar-refractivity contribution < 1.29 is 14.3 Å². The normalized spacial score (nSPS) is 23.4. The molecule has 1 saturated carbocycles. The Labute approximate surface area is 108 Å². The van der Waals surface area contributed by atoms with Crippen LogP contribution in [0.2, 0.25) is 0 Å². The lowest BCUT2D eigenvalue weighted by atomic mass is 9.89. The summed E-state index contributed by atoms with van der Waals surface area (Å²) in [6, 6.07) is 7.28. The Balaban J connectivity index is 2.07. The number of para-hydroxylation sites is 1. The molecule has 3 nitrogen and oxygen atoms in total. The van der Waals surface area contributed by atoms with Gasteiger partial charge >= 0.3 is 5.97 Å². The Bertz CT molecular complexity index is 406. The molecule has 0 aromatic heterocycles. The molecule has 0 N–H and O–H groups in total. The molecule has 0 aliphatic heterocycles. The van der Waals surface area contributed by atoms with Gasteiger partial charge in [0.05, 0.1) is 13.2 Å². The van der Waals surface area contributed by atoms with Crippen molar-refractivity contribution in [2.45, 2.75) is 38.7 Å². The van der Waals surface area contributed by atoms with Gasteiger partial charge in [-0.2, -0.15) is 0 Å². The molecular formula is C15H20O3. The highest BCUT2D eigenvalue weighted by molar-refractivity contribution is 5.92. The van der Waals surface area contributed by atoms with Crippen molar-refractivity contribution >= 4 is 5.97 Å². The smallest absolute Gasteiger partial charge is 0.341 e. The van der Waals surface area contributed by atoms with Gasteiger partial charge in [-0.25, -0.2) is 4.79 Å². The number of methoxy groups -OCH3 is 1. The number of ether oxygens (including phenoxy) is 2. The Hall–Kier alpha value is -1.51. The van der Waals surface area contributed by atoms with Crippen molar-refractivity contribution in [1.29, 1.82) is 0 Å². The minimum absolute atomic E-state index is 0.229. The fourth-order valence-electron chi connectivity index (χ4n) is 2.37. The molecule has 0 heterocycles. The fourth-order valence-corrected chi connectivity index (χ4v) is 2.37. The van der Waals surface area contributed by atoms with Crippen LogP contribution in [-0.4, -0.2) is 19.2 Å². The van der Waals surface area contributed by atoms with Crippen LogP contribution < -0.4 is 4.74 Å². The van der Waals surface area contributed by atoms with Gasteiger partial charge in [0.2, 0.25) is 0 Å². The summed E-state index contributed by atoms with van der Waals surface area (Å²) in [6.45, 7) is 2.28. The highest BCUT2D eigenvalue weighted by atomic mass is 16.5. The van der Waals surface area contributed by atoms with Gasteiger partial charge in [-0.1, -0.05) is 19.1 Å². The first kappa shape index (κ1) is 12.9. The van der Waals surface area contributed by atoms with E-state index in [0.717, 1.165) is 18.8 Å². The molecule has 3 heteroatoms. The van der Waals surface area contributed by atoms with E-state index in [1.807, 2.05) is 18.2 Å². The molecule has 2 rings (SSSR count). The van der Waals surface area contributed by atoms with E-state index in [1.54, 1.807) is 6.07 Å². The lowest BCUT2D eigenvalue weighted by Crippen LogP contribution is -2.24. The van der Waals surface area contributed by atoms with Crippen molar-refractivity contribution in [3.05, 3.63) is 29.8 Å². The van der Waals surface area contributed by atoms with Crippen LogP contribution in [0.25, 0.3) is 0 Å². The molecule has 1 aliphatic rings. The van der Waals surface area contributed by atoms with Crippen molar-refractivity contribution in [1.82, 2.24) is 0 Å². The first-order valence-electron chi connectivity index (χ1n) is 6.54. The van der Waals surface area contributed by atoms with Crippen molar-refractivity contribution in [2.24, 2.45) is 5.92 Å². The average Bonchev–Trinajstić information content (AvgIpc) is 2.41. The van der Waals surface area contributed by atoms with Crippen molar-refractivity contribution in [2.75, 3.05) is 7.11 Å². The van der Waals surface area contributed by atoms with Crippen LogP contribution in [0.4, 0.5) is 0 Å². The Kier molecular flexibility index (Phi) is 4.24. The monoisotopic (exact) mass is 248 g/mol. The minimum atomic E-state index is -0.338. The van der Waals surface area contributed by atoms with E-state index >= 15 is 0 Å². The molecule has 0 bridgehead atoms. The predicted molar refractivity (Wildman–Crippen MR) is 69.8 cm³/mol. The van der Waals surface area contributed by atoms with Crippen molar-refractivity contribution in [3.8, 4) is 5.75 Å². The largest absolute Gasteiger partial charge is 0.490 e. The maximum absolute atomic E-state index is 11.6. The number of hydrogen-bond acceptors (Lipinski definition) is 3. The maximum Gasteiger partial charge on any atom is 0.341 e. The second-order valence-corrected chi connectivity index (χ2v) is 4.99. The second-order valence-electron chi connectivity index (χ2n) is 4.99. The van der Waals surface area contributed by atoms with Crippen LogP contribution in [-0.2, 0) is 4.74 Å². The molecule has 1 aromatic carbocycles. The SMILES string of the molecule is COC(=O)c1ccccc1OC1CCC(C)CC1. The molecule has 0 atom stereocenters. The van der Waals surface area contributed by atoms with E-state index in [1.165, 1.54) is 20.0 Å². The van der Waals surface area contributed by atoms with E-state index in [0.29, 0.717) is 11.3 Å². The lowest BCUT2D eigenvalue weighted by Gasteiger charge is -2.27. The van der Waals surface area contributed by atoms with Crippen LogP contribution in [0.1, 0.15) is 43.0 Å². The van der Waals surface area contributed by atoms with Gasteiger partial charge in [0.15, 0.2) is 0 Å². The molecule has 0 radical (unpaired) electrons. The lowest BCUT2D eigenvalue weighted by molar-refractivity contribution is 0.0589. The summed E-state index contributed by atoms with van der Waals surface area (Å²) in [5, 5.41) is 0. The molecule has 0 unspecified atom stereocenters. The summed E-state index contributed by atoms with van der Waals surface area (Å²) in [5.41, 5.74) is 0.513. The highest BCUT2D eigenvalue weighted by Crippen LogP contribution is 2.28. The van der Waals surface area contributed by atoms with Gasteiger partial charge < -0.3 is 9.47 Å². The molecule has 98 valence electrons. The Morgan fingerprint density at radius 2 is 1.83 bits per heavy atom. The van der Waals surface area contributed by atoms with E-state index < -0.39 is 0 Å². The van der Waals surface area contributed by atoms with E-state index in [-0.39, 0.29) is 12.1 Å². The molecule has 18 heavy (non-hydrogen) atoms. The standard InChI is InChI=1S/C15H20O3/c1-11-7-9-12(10-8-11)18-14-6-4-3-5-13(14)15(16)17-2/h3-6,11-12H,7-10H2,1-2H3. The Morgan fingerprint density at radius 1 is 1.17 bits per heavy atom. The number of carbonyl (C=O) groups is 1. The third-order valence-corrected chi connectivity index (χ3v) is 3.55. The predicted octanol–water partition coefficient (Wildman–Crippen LogP) is 3.43. The molecular weight excluding hydrogens is 228 g/mol. The maximum atomic E-state index is 11.6. The number of esters is 1. The fraction of sp³-hybridized carbons (Fsp3) is 0.533. The molecule has 0 amide bonds. The third-order valence-electron chi connectivity index (χ3n) is 3.55. The van der Waals surface area contributed by atoms with Crippen molar-refractivity contribution in [3.63, 3.8) is 0 Å². The minimum Gasteiger partial charge on any atom is -0.490 e. The number of carbonyl (C=O) groups excluding carboxylic acids is 1. The highest BCUT2D eigenvalue weighted by Gasteiger charge is 2.21. The molecule has 0 saturated heterocycles. The zero-order valence-corrected chi connectivity index (χ0v) is 11.0. The first-order chi connectivity index (χ1) is 8.70. The molecule has 1 aliphatic carbocycles. The van der Waals surface area contributed by atoms with E-state index in [9.17, 15) is 4.79 Å². The number of hydrogen-bond donors (Lipinski definition) is 0. The van der Waals surface area contributed by atoms with E-state index in [2.05, 4.69) is 6.92 Å². The summed E-state index contributed by atoms with van der Waals surface area (Å²) in [7, 11) is 1.39. The quantitative estimate of drug-likeness (QED) is 0.769. The summed E-state index contributed by atoms with van der Waals surface area (Å²) in [5.74, 6) is 1.10. The molecule has 1 fully saturated rings.